The van der Waals surface area contributed by atoms with Crippen LogP contribution < -0.4 is 24.8 Å². The third-order valence-corrected chi connectivity index (χ3v) is 4.08. The van der Waals surface area contributed by atoms with Gasteiger partial charge in [0.15, 0.2) is 17.3 Å². The van der Waals surface area contributed by atoms with Crippen LogP contribution in [0.5, 0.6) is 17.2 Å². The normalized spacial score (nSPS) is 11.9. The maximum Gasteiger partial charge on any atom is 0.244 e. The minimum absolute atomic E-state index is 0.269. The molecule has 1 aliphatic rings. The zero-order valence-corrected chi connectivity index (χ0v) is 14.8. The van der Waals surface area contributed by atoms with Gasteiger partial charge in [0, 0.05) is 13.1 Å². The highest BCUT2D eigenvalue weighted by atomic mass is 16.7. The second-order valence-electron chi connectivity index (χ2n) is 5.91. The lowest BCUT2D eigenvalue weighted by atomic mass is 10.2. The number of aromatic nitrogens is 3. The van der Waals surface area contributed by atoms with E-state index in [1.165, 1.54) is 0 Å². The van der Waals surface area contributed by atoms with Crippen molar-refractivity contribution in [3.8, 4) is 17.2 Å². The van der Waals surface area contributed by atoms with Crippen LogP contribution in [0.3, 0.4) is 0 Å². The number of anilines is 2. The molecule has 0 amide bonds. The van der Waals surface area contributed by atoms with Gasteiger partial charge in [-0.05, 0) is 35.4 Å². The fourth-order valence-electron chi connectivity index (χ4n) is 2.63. The molecule has 2 heterocycles. The molecule has 1 aromatic heterocycles. The van der Waals surface area contributed by atoms with Crippen molar-refractivity contribution in [3.63, 3.8) is 0 Å². The van der Waals surface area contributed by atoms with E-state index in [1.54, 1.807) is 13.3 Å². The van der Waals surface area contributed by atoms with Crippen LogP contribution in [0, 0.1) is 0 Å². The molecule has 3 aromatic rings. The van der Waals surface area contributed by atoms with Crippen molar-refractivity contribution in [1.29, 1.82) is 0 Å². The molecule has 8 heteroatoms. The summed E-state index contributed by atoms with van der Waals surface area (Å²) in [6, 6.07) is 13.6. The number of nitrogens with one attached hydrogen (secondary N) is 2. The monoisotopic (exact) mass is 365 g/mol. The van der Waals surface area contributed by atoms with Crippen molar-refractivity contribution in [3.05, 3.63) is 59.8 Å². The Morgan fingerprint density at radius 3 is 2.59 bits per heavy atom. The summed E-state index contributed by atoms with van der Waals surface area (Å²) in [5.41, 5.74) is 2.16. The van der Waals surface area contributed by atoms with Crippen LogP contribution in [-0.4, -0.2) is 29.1 Å². The summed E-state index contributed by atoms with van der Waals surface area (Å²) in [6.45, 7) is 1.45. The molecule has 138 valence electrons. The van der Waals surface area contributed by atoms with Crippen molar-refractivity contribution < 1.29 is 14.2 Å². The first-order valence-electron chi connectivity index (χ1n) is 8.49. The van der Waals surface area contributed by atoms with Crippen molar-refractivity contribution in [2.45, 2.75) is 13.1 Å². The number of hydrogen-bond acceptors (Lipinski definition) is 8. The van der Waals surface area contributed by atoms with Crippen molar-refractivity contribution in [2.24, 2.45) is 0 Å². The number of benzene rings is 2. The van der Waals surface area contributed by atoms with Crippen LogP contribution in [-0.2, 0) is 13.1 Å². The van der Waals surface area contributed by atoms with Gasteiger partial charge in [-0.25, -0.2) is 0 Å². The highest BCUT2D eigenvalue weighted by Crippen LogP contribution is 2.32. The molecule has 2 N–H and O–H groups in total. The zero-order chi connectivity index (χ0) is 18.5. The number of fused-ring (bicyclic) bond motifs is 1. The van der Waals surface area contributed by atoms with Crippen LogP contribution in [0.15, 0.2) is 48.7 Å². The van der Waals surface area contributed by atoms with Gasteiger partial charge >= 0.3 is 0 Å². The Morgan fingerprint density at radius 2 is 1.74 bits per heavy atom. The second kappa shape index (κ2) is 7.77. The molecule has 0 fully saturated rings. The topological polar surface area (TPSA) is 90.4 Å². The van der Waals surface area contributed by atoms with Gasteiger partial charge in [-0.1, -0.05) is 18.2 Å². The molecule has 1 aliphatic heterocycles. The number of ether oxygens (including phenoxy) is 3. The van der Waals surface area contributed by atoms with Crippen LogP contribution in [0.25, 0.3) is 0 Å². The molecule has 0 atom stereocenters. The lowest BCUT2D eigenvalue weighted by Crippen LogP contribution is -2.08. The summed E-state index contributed by atoms with van der Waals surface area (Å²) < 4.78 is 15.9. The molecule has 0 radical (unpaired) electrons. The second-order valence-corrected chi connectivity index (χ2v) is 5.91. The number of methoxy groups -OCH3 is 1. The first kappa shape index (κ1) is 16.9. The van der Waals surface area contributed by atoms with Crippen LogP contribution >= 0.6 is 0 Å². The Kier molecular flexibility index (Phi) is 4.86. The molecule has 8 nitrogen and oxygen atoms in total. The first-order chi connectivity index (χ1) is 13.3. The molecule has 0 bridgehead atoms. The van der Waals surface area contributed by atoms with E-state index < -0.39 is 0 Å². The van der Waals surface area contributed by atoms with Gasteiger partial charge in [0.2, 0.25) is 12.7 Å². The van der Waals surface area contributed by atoms with Gasteiger partial charge in [0.05, 0.1) is 13.3 Å². The molecule has 0 aliphatic carbocycles. The van der Waals surface area contributed by atoms with Crippen molar-refractivity contribution in [1.82, 2.24) is 15.2 Å². The van der Waals surface area contributed by atoms with Crippen LogP contribution in [0.4, 0.5) is 11.8 Å². The van der Waals surface area contributed by atoms with Gasteiger partial charge in [-0.3, -0.25) is 0 Å². The van der Waals surface area contributed by atoms with Crippen molar-refractivity contribution in [2.75, 3.05) is 24.5 Å². The number of hydrogen-bond donors (Lipinski definition) is 2. The molecule has 0 saturated heterocycles. The van der Waals surface area contributed by atoms with Crippen molar-refractivity contribution >= 4 is 11.8 Å². The minimum Gasteiger partial charge on any atom is -0.497 e. The van der Waals surface area contributed by atoms with Gasteiger partial charge in [0.1, 0.15) is 5.75 Å². The van der Waals surface area contributed by atoms with E-state index in [2.05, 4.69) is 25.8 Å². The summed E-state index contributed by atoms with van der Waals surface area (Å²) >= 11 is 0. The number of rotatable bonds is 7. The van der Waals surface area contributed by atoms with Gasteiger partial charge in [0.25, 0.3) is 0 Å². The van der Waals surface area contributed by atoms with Gasteiger partial charge in [-0.2, -0.15) is 10.1 Å². The van der Waals surface area contributed by atoms with E-state index in [9.17, 15) is 0 Å². The standard InChI is InChI=1S/C19H19N5O3/c1-25-15-5-2-13(3-6-15)9-21-19-23-18(11-22-24-19)20-10-14-4-7-16-17(8-14)27-12-26-16/h2-8,11H,9-10,12H2,1H3,(H2,20,21,23,24). The molecule has 2 aromatic carbocycles. The van der Waals surface area contributed by atoms with E-state index in [-0.39, 0.29) is 6.79 Å². The smallest absolute Gasteiger partial charge is 0.244 e. The summed E-state index contributed by atoms with van der Waals surface area (Å²) in [5, 5.41) is 14.4. The fourth-order valence-corrected chi connectivity index (χ4v) is 2.63. The highest BCUT2D eigenvalue weighted by Gasteiger charge is 2.13. The van der Waals surface area contributed by atoms with Gasteiger partial charge in [-0.15, -0.1) is 5.10 Å². The van der Waals surface area contributed by atoms with Gasteiger partial charge < -0.3 is 24.8 Å². The van der Waals surface area contributed by atoms with E-state index in [1.807, 2.05) is 42.5 Å². The van der Waals surface area contributed by atoms with Crippen LogP contribution in [0.1, 0.15) is 11.1 Å². The van der Waals surface area contributed by atoms with E-state index in [0.29, 0.717) is 24.9 Å². The maximum absolute atomic E-state index is 5.39. The Bertz CT molecular complexity index is 917. The molecular formula is C19H19N5O3. The summed E-state index contributed by atoms with van der Waals surface area (Å²) in [5.74, 6) is 3.46. The summed E-state index contributed by atoms with van der Waals surface area (Å²) in [4.78, 5) is 4.43. The largest absolute Gasteiger partial charge is 0.497 e. The molecule has 4 rings (SSSR count). The van der Waals surface area contributed by atoms with E-state index in [4.69, 9.17) is 14.2 Å². The highest BCUT2D eigenvalue weighted by molar-refractivity contribution is 5.46. The molecular weight excluding hydrogens is 346 g/mol. The molecule has 0 saturated carbocycles. The Morgan fingerprint density at radius 1 is 0.963 bits per heavy atom. The zero-order valence-electron chi connectivity index (χ0n) is 14.8. The predicted molar refractivity (Wildman–Crippen MR) is 100 cm³/mol. The lowest BCUT2D eigenvalue weighted by Gasteiger charge is -2.09. The van der Waals surface area contributed by atoms with E-state index in [0.717, 1.165) is 28.4 Å². The average Bonchev–Trinajstić information content (AvgIpc) is 3.19. The molecule has 0 unspecified atom stereocenters. The quantitative estimate of drug-likeness (QED) is 0.661. The average molecular weight is 365 g/mol. The minimum atomic E-state index is 0.269. The Labute approximate surface area is 156 Å². The lowest BCUT2D eigenvalue weighted by molar-refractivity contribution is 0.174. The first-order valence-corrected chi connectivity index (χ1v) is 8.49. The summed E-state index contributed by atoms with van der Waals surface area (Å²) in [7, 11) is 1.65. The Hall–Kier alpha value is -3.55. The third-order valence-electron chi connectivity index (χ3n) is 4.08. The molecule has 27 heavy (non-hydrogen) atoms. The van der Waals surface area contributed by atoms with Crippen LogP contribution in [0.2, 0.25) is 0 Å². The third kappa shape index (κ3) is 4.17. The van der Waals surface area contributed by atoms with E-state index >= 15 is 0 Å². The number of nitrogens with zero attached hydrogens (tertiary/aromatic N) is 3. The fraction of sp³-hybridized carbons (Fsp3) is 0.211. The Balaban J connectivity index is 1.34. The summed E-state index contributed by atoms with van der Waals surface area (Å²) in [6.07, 6.45) is 1.59. The SMILES string of the molecule is COc1ccc(CNc2nncc(NCc3ccc4c(c3)OCO4)n2)cc1. The maximum atomic E-state index is 5.39. The predicted octanol–water partition coefficient (Wildman–Crippen LogP) is 2.83. The molecule has 0 spiro atoms.